The molecule has 1 saturated heterocycles. The van der Waals surface area contributed by atoms with Crippen LogP contribution in [0.15, 0.2) is 0 Å². The minimum Gasteiger partial charge on any atom is -0.393 e. The van der Waals surface area contributed by atoms with Crippen LogP contribution >= 0.6 is 0 Å². The van der Waals surface area contributed by atoms with Crippen LogP contribution in [0.1, 0.15) is 47.0 Å². The molecule has 0 aromatic heterocycles. The zero-order valence-electron chi connectivity index (χ0n) is 9.92. The second kappa shape index (κ2) is 4.63. The highest BCUT2D eigenvalue weighted by Gasteiger charge is 2.28. The van der Waals surface area contributed by atoms with Gasteiger partial charge in [0.2, 0.25) is 0 Å². The summed E-state index contributed by atoms with van der Waals surface area (Å²) in [6, 6.07) is 0. The van der Waals surface area contributed by atoms with E-state index in [0.29, 0.717) is 17.4 Å². The van der Waals surface area contributed by atoms with E-state index < -0.39 is 0 Å². The molecule has 2 heteroatoms. The van der Waals surface area contributed by atoms with E-state index in [4.69, 9.17) is 4.74 Å². The topological polar surface area (TPSA) is 29.5 Å². The maximum atomic E-state index is 9.95. The fourth-order valence-electron chi connectivity index (χ4n) is 1.94. The number of aliphatic hydroxyl groups excluding tert-OH is 1. The molecule has 2 nitrogen and oxygen atoms in total. The molecule has 0 aromatic rings. The molecule has 1 N–H and O–H groups in total. The minimum absolute atomic E-state index is 0.167. The molecule has 0 spiro atoms. The average Bonchev–Trinajstić information content (AvgIpc) is 2.46. The Bertz CT molecular complexity index is 172. The van der Waals surface area contributed by atoms with Gasteiger partial charge < -0.3 is 9.84 Å². The average molecular weight is 200 g/mol. The highest BCUT2D eigenvalue weighted by Crippen LogP contribution is 2.28. The first kappa shape index (κ1) is 12.0. The Labute approximate surface area is 87.7 Å². The molecule has 0 aromatic carbocycles. The Morgan fingerprint density at radius 1 is 1.43 bits per heavy atom. The van der Waals surface area contributed by atoms with Crippen molar-refractivity contribution in [1.82, 2.24) is 0 Å². The summed E-state index contributed by atoms with van der Waals surface area (Å²) in [6.07, 6.45) is 3.18. The SMILES string of the molecule is CC1CC(C(O)CCC(C)(C)C)CO1. The molecule has 3 atom stereocenters. The molecule has 14 heavy (non-hydrogen) atoms. The predicted octanol–water partition coefficient (Wildman–Crippen LogP) is 2.60. The Balaban J connectivity index is 2.25. The lowest BCUT2D eigenvalue weighted by Gasteiger charge is -2.22. The molecule has 0 aliphatic carbocycles. The van der Waals surface area contributed by atoms with E-state index in [0.717, 1.165) is 25.9 Å². The summed E-state index contributed by atoms with van der Waals surface area (Å²) >= 11 is 0. The first-order valence-electron chi connectivity index (χ1n) is 5.68. The van der Waals surface area contributed by atoms with E-state index >= 15 is 0 Å². The first-order chi connectivity index (χ1) is 6.38. The van der Waals surface area contributed by atoms with Crippen LogP contribution in [0, 0.1) is 11.3 Å². The molecule has 0 radical (unpaired) electrons. The van der Waals surface area contributed by atoms with E-state index in [2.05, 4.69) is 27.7 Å². The van der Waals surface area contributed by atoms with Crippen molar-refractivity contribution in [2.45, 2.75) is 59.2 Å². The van der Waals surface area contributed by atoms with Gasteiger partial charge in [0.25, 0.3) is 0 Å². The summed E-state index contributed by atoms with van der Waals surface area (Å²) in [7, 11) is 0. The third-order valence-electron chi connectivity index (χ3n) is 2.96. The fraction of sp³-hybridized carbons (Fsp3) is 1.00. The summed E-state index contributed by atoms with van der Waals surface area (Å²) in [4.78, 5) is 0. The number of ether oxygens (including phenoxy) is 1. The van der Waals surface area contributed by atoms with Crippen molar-refractivity contribution in [1.29, 1.82) is 0 Å². The van der Waals surface area contributed by atoms with Crippen molar-refractivity contribution < 1.29 is 9.84 Å². The molecule has 3 unspecified atom stereocenters. The Hall–Kier alpha value is -0.0800. The lowest BCUT2D eigenvalue weighted by atomic mass is 9.86. The molecule has 0 saturated carbocycles. The molecule has 1 aliphatic rings. The first-order valence-corrected chi connectivity index (χ1v) is 5.68. The molecule has 84 valence electrons. The standard InChI is InChI=1S/C12H24O2/c1-9-7-10(8-14-9)11(13)5-6-12(2,3)4/h9-11,13H,5-8H2,1-4H3. The maximum absolute atomic E-state index is 9.95. The van der Waals surface area contributed by atoms with Gasteiger partial charge in [-0.3, -0.25) is 0 Å². The van der Waals surface area contributed by atoms with Crippen LogP contribution in [0.2, 0.25) is 0 Å². The van der Waals surface area contributed by atoms with Gasteiger partial charge in [-0.2, -0.15) is 0 Å². The lowest BCUT2D eigenvalue weighted by molar-refractivity contribution is 0.0680. The molecular weight excluding hydrogens is 176 g/mol. The number of hydrogen-bond acceptors (Lipinski definition) is 2. The lowest BCUT2D eigenvalue weighted by Crippen LogP contribution is -2.22. The highest BCUT2D eigenvalue weighted by atomic mass is 16.5. The quantitative estimate of drug-likeness (QED) is 0.759. The predicted molar refractivity (Wildman–Crippen MR) is 58.2 cm³/mol. The number of aliphatic hydroxyl groups is 1. The highest BCUT2D eigenvalue weighted by molar-refractivity contribution is 4.78. The van der Waals surface area contributed by atoms with Crippen molar-refractivity contribution >= 4 is 0 Å². The monoisotopic (exact) mass is 200 g/mol. The third kappa shape index (κ3) is 3.97. The normalized spacial score (nSPS) is 30.6. The van der Waals surface area contributed by atoms with Gasteiger partial charge >= 0.3 is 0 Å². The third-order valence-corrected chi connectivity index (χ3v) is 2.96. The summed E-state index contributed by atoms with van der Waals surface area (Å²) in [5, 5.41) is 9.95. The summed E-state index contributed by atoms with van der Waals surface area (Å²) in [6.45, 7) is 9.47. The van der Waals surface area contributed by atoms with Crippen LogP contribution in [0.3, 0.4) is 0 Å². The second-order valence-electron chi connectivity index (χ2n) is 5.81. The summed E-state index contributed by atoms with van der Waals surface area (Å²) < 4.78 is 5.46. The van der Waals surface area contributed by atoms with E-state index in [1.807, 2.05) is 0 Å². The van der Waals surface area contributed by atoms with E-state index in [1.165, 1.54) is 0 Å². The maximum Gasteiger partial charge on any atom is 0.0591 e. The van der Waals surface area contributed by atoms with Crippen molar-refractivity contribution in [3.05, 3.63) is 0 Å². The summed E-state index contributed by atoms with van der Waals surface area (Å²) in [5.41, 5.74) is 0.325. The van der Waals surface area contributed by atoms with Crippen LogP contribution < -0.4 is 0 Å². The molecule has 0 amide bonds. The van der Waals surface area contributed by atoms with Gasteiger partial charge in [-0.05, 0) is 31.6 Å². The van der Waals surface area contributed by atoms with Crippen LogP contribution in [-0.4, -0.2) is 23.9 Å². The smallest absolute Gasteiger partial charge is 0.0591 e. The van der Waals surface area contributed by atoms with Gasteiger partial charge in [-0.1, -0.05) is 20.8 Å². The minimum atomic E-state index is -0.167. The van der Waals surface area contributed by atoms with Crippen molar-refractivity contribution in [3.8, 4) is 0 Å². The van der Waals surface area contributed by atoms with E-state index in [9.17, 15) is 5.11 Å². The zero-order valence-corrected chi connectivity index (χ0v) is 9.92. The van der Waals surface area contributed by atoms with Gasteiger partial charge in [0.1, 0.15) is 0 Å². The second-order valence-corrected chi connectivity index (χ2v) is 5.81. The van der Waals surface area contributed by atoms with Gasteiger partial charge in [-0.25, -0.2) is 0 Å². The van der Waals surface area contributed by atoms with Crippen LogP contribution in [0.25, 0.3) is 0 Å². The zero-order chi connectivity index (χ0) is 10.8. The van der Waals surface area contributed by atoms with Crippen LogP contribution in [0.4, 0.5) is 0 Å². The van der Waals surface area contributed by atoms with Crippen molar-refractivity contribution in [2.24, 2.45) is 11.3 Å². The van der Waals surface area contributed by atoms with E-state index in [1.54, 1.807) is 0 Å². The molecule has 1 heterocycles. The molecule has 1 aliphatic heterocycles. The molecule has 1 fully saturated rings. The summed E-state index contributed by atoms with van der Waals surface area (Å²) in [5.74, 6) is 0.368. The molecular formula is C12H24O2. The Morgan fingerprint density at radius 2 is 2.07 bits per heavy atom. The molecule has 0 bridgehead atoms. The number of rotatable bonds is 3. The molecule has 1 rings (SSSR count). The largest absolute Gasteiger partial charge is 0.393 e. The van der Waals surface area contributed by atoms with Crippen LogP contribution in [-0.2, 0) is 4.74 Å². The van der Waals surface area contributed by atoms with E-state index in [-0.39, 0.29) is 6.10 Å². The van der Waals surface area contributed by atoms with Gasteiger partial charge in [0.05, 0.1) is 18.8 Å². The van der Waals surface area contributed by atoms with Crippen LogP contribution in [0.5, 0.6) is 0 Å². The Kier molecular flexibility index (Phi) is 3.96. The van der Waals surface area contributed by atoms with Gasteiger partial charge in [0.15, 0.2) is 0 Å². The number of hydrogen-bond donors (Lipinski definition) is 1. The van der Waals surface area contributed by atoms with Gasteiger partial charge in [-0.15, -0.1) is 0 Å². The van der Waals surface area contributed by atoms with Gasteiger partial charge in [0, 0.05) is 5.92 Å². The fourth-order valence-corrected chi connectivity index (χ4v) is 1.94. The van der Waals surface area contributed by atoms with Crippen molar-refractivity contribution in [2.75, 3.05) is 6.61 Å². The Morgan fingerprint density at radius 3 is 2.50 bits per heavy atom. The van der Waals surface area contributed by atoms with Crippen molar-refractivity contribution in [3.63, 3.8) is 0 Å².